The number of benzene rings is 2. The molecule has 1 fully saturated rings. The fourth-order valence-corrected chi connectivity index (χ4v) is 4.54. The molecule has 0 radical (unpaired) electrons. The Morgan fingerprint density at radius 2 is 1.91 bits per heavy atom. The molecule has 0 N–H and O–H groups in total. The van der Waals surface area contributed by atoms with Crippen LogP contribution >= 0.6 is 11.8 Å². The number of tetrazole rings is 1. The number of rotatable bonds is 9. The Kier molecular flexibility index (Phi) is 7.61. The number of carbonyl (C=O) groups excluding carboxylic acids is 1. The Morgan fingerprint density at radius 3 is 2.58 bits per heavy atom. The molecule has 0 bridgehead atoms. The molecule has 2 heterocycles. The van der Waals surface area contributed by atoms with Crippen LogP contribution in [0.25, 0.3) is 5.69 Å². The number of anilines is 1. The third kappa shape index (κ3) is 6.11. The number of aryl methyl sites for hydroxylation is 1. The number of thioether (sulfide) groups is 1. The third-order valence-electron chi connectivity index (χ3n) is 5.67. The van der Waals surface area contributed by atoms with E-state index in [1.54, 1.807) is 4.68 Å². The van der Waals surface area contributed by atoms with Crippen molar-refractivity contribution >= 4 is 23.4 Å². The molecule has 33 heavy (non-hydrogen) atoms. The molecular weight excluding hydrogens is 436 g/mol. The van der Waals surface area contributed by atoms with Gasteiger partial charge in [0.25, 0.3) is 0 Å². The van der Waals surface area contributed by atoms with Gasteiger partial charge in [-0.05, 0) is 60.0 Å². The predicted molar refractivity (Wildman–Crippen MR) is 130 cm³/mol. The lowest BCUT2D eigenvalue weighted by atomic mass is 10.1. The molecule has 0 spiro atoms. The van der Waals surface area contributed by atoms with Crippen LogP contribution in [0, 0.1) is 6.92 Å². The summed E-state index contributed by atoms with van der Waals surface area (Å²) < 4.78 is 7.48. The van der Waals surface area contributed by atoms with E-state index in [-0.39, 0.29) is 17.8 Å². The Labute approximate surface area is 198 Å². The summed E-state index contributed by atoms with van der Waals surface area (Å²) in [4.78, 5) is 17.2. The highest BCUT2D eigenvalue weighted by molar-refractivity contribution is 7.99. The van der Waals surface area contributed by atoms with Crippen molar-refractivity contribution < 1.29 is 9.53 Å². The van der Waals surface area contributed by atoms with E-state index in [1.165, 1.54) is 17.3 Å². The molecule has 1 aromatic heterocycles. The highest BCUT2D eigenvalue weighted by Crippen LogP contribution is 2.22. The smallest absolute Gasteiger partial charge is 0.233 e. The summed E-state index contributed by atoms with van der Waals surface area (Å²) in [5, 5.41) is 12.6. The normalized spacial score (nSPS) is 15.5. The Balaban J connectivity index is 1.44. The van der Waals surface area contributed by atoms with E-state index in [1.807, 2.05) is 50.2 Å². The van der Waals surface area contributed by atoms with Crippen LogP contribution in [0.5, 0.6) is 0 Å². The number of hydrogen-bond acceptors (Lipinski definition) is 7. The topological polar surface area (TPSA) is 76.4 Å². The van der Waals surface area contributed by atoms with Crippen LogP contribution in [0.1, 0.15) is 24.0 Å². The summed E-state index contributed by atoms with van der Waals surface area (Å²) in [6.07, 6.45) is 2.13. The second kappa shape index (κ2) is 10.8. The number of aromatic nitrogens is 4. The fourth-order valence-electron chi connectivity index (χ4n) is 3.74. The molecule has 9 heteroatoms. The molecule has 2 aromatic carbocycles. The molecule has 1 unspecified atom stereocenters. The van der Waals surface area contributed by atoms with E-state index in [2.05, 4.69) is 44.7 Å². The van der Waals surface area contributed by atoms with Crippen LogP contribution in [0.4, 0.5) is 5.69 Å². The van der Waals surface area contributed by atoms with Crippen LogP contribution in [-0.4, -0.2) is 70.1 Å². The van der Waals surface area contributed by atoms with Crippen molar-refractivity contribution in [1.29, 1.82) is 0 Å². The minimum Gasteiger partial charge on any atom is -0.378 e. The second-order valence-corrected chi connectivity index (χ2v) is 9.41. The van der Waals surface area contributed by atoms with Gasteiger partial charge in [-0.3, -0.25) is 4.79 Å². The summed E-state index contributed by atoms with van der Waals surface area (Å²) in [6, 6.07) is 16.3. The molecule has 0 saturated carbocycles. The van der Waals surface area contributed by atoms with Crippen LogP contribution in [-0.2, 0) is 16.1 Å². The van der Waals surface area contributed by atoms with Gasteiger partial charge in [-0.1, -0.05) is 41.6 Å². The first kappa shape index (κ1) is 23.3. The summed E-state index contributed by atoms with van der Waals surface area (Å²) >= 11 is 1.35. The largest absolute Gasteiger partial charge is 0.378 e. The lowest BCUT2D eigenvalue weighted by molar-refractivity contribution is -0.130. The van der Waals surface area contributed by atoms with Gasteiger partial charge in [0.1, 0.15) is 0 Å². The van der Waals surface area contributed by atoms with Crippen molar-refractivity contribution in [3.8, 4) is 5.69 Å². The number of amides is 1. The first-order chi connectivity index (χ1) is 16.0. The molecule has 8 nitrogen and oxygen atoms in total. The van der Waals surface area contributed by atoms with E-state index in [4.69, 9.17) is 4.74 Å². The average molecular weight is 467 g/mol. The summed E-state index contributed by atoms with van der Waals surface area (Å²) in [6.45, 7) is 3.95. The Hall–Kier alpha value is -2.91. The zero-order valence-electron chi connectivity index (χ0n) is 19.3. The van der Waals surface area contributed by atoms with Crippen molar-refractivity contribution in [2.24, 2.45) is 0 Å². The van der Waals surface area contributed by atoms with Crippen molar-refractivity contribution in [2.75, 3.05) is 37.9 Å². The van der Waals surface area contributed by atoms with E-state index in [0.29, 0.717) is 18.2 Å². The minimum absolute atomic E-state index is 0.0469. The molecule has 3 aromatic rings. The molecule has 1 atom stereocenters. The quantitative estimate of drug-likeness (QED) is 0.448. The lowest BCUT2D eigenvalue weighted by Gasteiger charge is -2.26. The van der Waals surface area contributed by atoms with Gasteiger partial charge < -0.3 is 14.5 Å². The van der Waals surface area contributed by atoms with Crippen molar-refractivity contribution in [3.63, 3.8) is 0 Å². The lowest BCUT2D eigenvalue weighted by Crippen LogP contribution is -2.38. The number of ether oxygens (including phenoxy) is 1. The molecule has 1 amide bonds. The fraction of sp³-hybridized carbons (Fsp3) is 0.417. The maximum Gasteiger partial charge on any atom is 0.233 e. The van der Waals surface area contributed by atoms with Gasteiger partial charge in [-0.25, -0.2) is 0 Å². The number of nitrogens with zero attached hydrogens (tertiary/aromatic N) is 6. The second-order valence-electron chi connectivity index (χ2n) is 8.47. The number of carbonyl (C=O) groups is 1. The van der Waals surface area contributed by atoms with Gasteiger partial charge in [0, 0.05) is 39.5 Å². The maximum atomic E-state index is 13.3. The molecule has 4 rings (SSSR count). The first-order valence-corrected chi connectivity index (χ1v) is 12.1. The van der Waals surface area contributed by atoms with Crippen molar-refractivity contribution in [1.82, 2.24) is 25.1 Å². The van der Waals surface area contributed by atoms with E-state index in [9.17, 15) is 4.79 Å². The van der Waals surface area contributed by atoms with Gasteiger partial charge in [0.05, 0.1) is 17.5 Å². The number of hydrogen-bond donors (Lipinski definition) is 0. The molecule has 174 valence electrons. The van der Waals surface area contributed by atoms with E-state index in [0.717, 1.165) is 36.4 Å². The Morgan fingerprint density at radius 1 is 1.15 bits per heavy atom. The van der Waals surface area contributed by atoms with E-state index < -0.39 is 0 Å². The van der Waals surface area contributed by atoms with Crippen molar-refractivity contribution in [3.05, 3.63) is 59.7 Å². The Bertz CT molecular complexity index is 1050. The highest BCUT2D eigenvalue weighted by atomic mass is 32.2. The van der Waals surface area contributed by atoms with Gasteiger partial charge in [-0.15, -0.1) is 5.10 Å². The van der Waals surface area contributed by atoms with Gasteiger partial charge in [-0.2, -0.15) is 4.68 Å². The molecule has 1 aliphatic rings. The van der Waals surface area contributed by atoms with Gasteiger partial charge in [0.2, 0.25) is 11.1 Å². The van der Waals surface area contributed by atoms with Gasteiger partial charge >= 0.3 is 0 Å². The SMILES string of the molecule is Cc1ccc(-n2nnnc2SCC(=O)N(Cc2ccc(N(C)C)cc2)CC2CCCO2)cc1. The monoisotopic (exact) mass is 466 g/mol. The van der Waals surface area contributed by atoms with Crippen molar-refractivity contribution in [2.45, 2.75) is 37.6 Å². The summed E-state index contributed by atoms with van der Waals surface area (Å²) in [5.41, 5.74) is 4.27. The van der Waals surface area contributed by atoms with Crippen LogP contribution < -0.4 is 4.90 Å². The molecule has 1 saturated heterocycles. The van der Waals surface area contributed by atoms with Crippen LogP contribution in [0.3, 0.4) is 0 Å². The van der Waals surface area contributed by atoms with Crippen LogP contribution in [0.15, 0.2) is 53.7 Å². The first-order valence-electron chi connectivity index (χ1n) is 11.1. The molecule has 0 aliphatic carbocycles. The summed E-state index contributed by atoms with van der Waals surface area (Å²) in [5.74, 6) is 0.306. The van der Waals surface area contributed by atoms with Crippen LogP contribution in [0.2, 0.25) is 0 Å². The van der Waals surface area contributed by atoms with Gasteiger partial charge in [0.15, 0.2) is 0 Å². The summed E-state index contributed by atoms with van der Waals surface area (Å²) in [7, 11) is 4.04. The minimum atomic E-state index is 0.0469. The standard InChI is InChI=1S/C24H30N6O2S/c1-18-6-10-21(11-7-18)30-24(25-26-27-30)33-17-23(31)29(16-22-5-4-14-32-22)15-19-8-12-20(13-9-19)28(2)3/h6-13,22H,4-5,14-17H2,1-3H3. The van der Waals surface area contributed by atoms with E-state index >= 15 is 0 Å². The molecule has 1 aliphatic heterocycles. The zero-order valence-corrected chi connectivity index (χ0v) is 20.2. The predicted octanol–water partition coefficient (Wildman–Crippen LogP) is 3.34. The maximum absolute atomic E-state index is 13.3. The molecular formula is C24H30N6O2S. The third-order valence-corrected chi connectivity index (χ3v) is 6.58. The average Bonchev–Trinajstić information content (AvgIpc) is 3.50. The highest BCUT2D eigenvalue weighted by Gasteiger charge is 2.23. The zero-order chi connectivity index (χ0) is 23.2.